The van der Waals surface area contributed by atoms with Crippen LogP contribution in [0.1, 0.15) is 5.56 Å². The van der Waals surface area contributed by atoms with Crippen LogP contribution in [-0.4, -0.2) is 10.0 Å². The van der Waals surface area contributed by atoms with Crippen LogP contribution in [0.2, 0.25) is 0 Å². The summed E-state index contributed by atoms with van der Waals surface area (Å²) in [5, 5.41) is 13.0. The van der Waals surface area contributed by atoms with E-state index in [0.29, 0.717) is 18.2 Å². The number of alkyl halides is 3. The molecule has 0 saturated heterocycles. The Morgan fingerprint density at radius 2 is 1.73 bits per heavy atom. The quantitative estimate of drug-likeness (QED) is 0.313. The van der Waals surface area contributed by atoms with Gasteiger partial charge in [-0.15, -0.1) is 0 Å². The number of halogens is 5. The number of nitro benzene ring substituents is 1. The summed E-state index contributed by atoms with van der Waals surface area (Å²) >= 11 is 4.83. The lowest BCUT2D eigenvalue weighted by atomic mass is 10.1. The van der Waals surface area contributed by atoms with Crippen LogP contribution < -0.4 is 16.2 Å². The van der Waals surface area contributed by atoms with E-state index in [-0.39, 0.29) is 16.5 Å². The number of anilines is 2. The minimum absolute atomic E-state index is 0.174. The van der Waals surface area contributed by atoms with Gasteiger partial charge in [-0.1, -0.05) is 0 Å². The van der Waals surface area contributed by atoms with E-state index in [4.69, 9.17) is 12.2 Å². The Bertz CT molecular complexity index is 860. The third kappa shape index (κ3) is 4.75. The van der Waals surface area contributed by atoms with Gasteiger partial charge in [0, 0.05) is 12.1 Å². The molecule has 2 aromatic carbocycles. The molecule has 26 heavy (non-hydrogen) atoms. The molecule has 138 valence electrons. The van der Waals surface area contributed by atoms with E-state index in [2.05, 4.69) is 16.2 Å². The molecule has 2 aromatic rings. The number of thiocarbonyl (C=S) groups is 1. The van der Waals surface area contributed by atoms with Crippen molar-refractivity contribution < 1.29 is 26.9 Å². The van der Waals surface area contributed by atoms with Crippen LogP contribution in [0.3, 0.4) is 0 Å². The molecule has 3 N–H and O–H groups in total. The molecule has 0 bridgehead atoms. The lowest BCUT2D eigenvalue weighted by molar-refractivity contribution is -0.384. The fourth-order valence-electron chi connectivity index (χ4n) is 1.83. The smallest absolute Gasteiger partial charge is 0.329 e. The SMILES string of the molecule is O=[N+]([O-])c1cc(C(F)(F)F)ccc1NNC(=S)Nc1ccc(F)cc1F. The van der Waals surface area contributed by atoms with Crippen molar-refractivity contribution in [3.63, 3.8) is 0 Å². The zero-order valence-corrected chi connectivity index (χ0v) is 13.3. The van der Waals surface area contributed by atoms with Gasteiger partial charge in [-0.05, 0) is 36.5 Å². The van der Waals surface area contributed by atoms with Crippen LogP contribution in [0.5, 0.6) is 0 Å². The van der Waals surface area contributed by atoms with Crippen molar-refractivity contribution in [1.82, 2.24) is 5.43 Å². The van der Waals surface area contributed by atoms with Gasteiger partial charge in [0.15, 0.2) is 5.11 Å². The summed E-state index contributed by atoms with van der Waals surface area (Å²) in [5.74, 6) is -1.74. The number of benzene rings is 2. The second-order valence-corrected chi connectivity index (χ2v) is 5.22. The van der Waals surface area contributed by atoms with Crippen LogP contribution in [-0.2, 0) is 6.18 Å². The lowest BCUT2D eigenvalue weighted by Crippen LogP contribution is -2.33. The van der Waals surface area contributed by atoms with E-state index in [1.165, 1.54) is 0 Å². The van der Waals surface area contributed by atoms with Crippen LogP contribution in [0.15, 0.2) is 36.4 Å². The fraction of sp³-hybridized carbons (Fsp3) is 0.0714. The number of rotatable bonds is 4. The maximum absolute atomic E-state index is 13.5. The molecule has 0 amide bonds. The van der Waals surface area contributed by atoms with Crippen molar-refractivity contribution in [2.75, 3.05) is 10.7 Å². The summed E-state index contributed by atoms with van der Waals surface area (Å²) in [6, 6.07) is 4.50. The summed E-state index contributed by atoms with van der Waals surface area (Å²) in [7, 11) is 0. The van der Waals surface area contributed by atoms with Gasteiger partial charge < -0.3 is 5.32 Å². The second kappa shape index (κ2) is 7.47. The van der Waals surface area contributed by atoms with Gasteiger partial charge in [0.2, 0.25) is 0 Å². The summed E-state index contributed by atoms with van der Waals surface area (Å²) < 4.78 is 64.2. The number of hydrazine groups is 1. The van der Waals surface area contributed by atoms with Crippen LogP contribution in [0.4, 0.5) is 39.0 Å². The number of nitrogens with one attached hydrogen (secondary N) is 3. The zero-order valence-electron chi connectivity index (χ0n) is 12.5. The van der Waals surface area contributed by atoms with E-state index in [1.807, 2.05) is 0 Å². The molecule has 0 aromatic heterocycles. The van der Waals surface area contributed by atoms with Gasteiger partial charge in [-0.3, -0.25) is 21.0 Å². The van der Waals surface area contributed by atoms with Gasteiger partial charge >= 0.3 is 6.18 Å². The first-order valence-electron chi connectivity index (χ1n) is 6.71. The van der Waals surface area contributed by atoms with Gasteiger partial charge in [-0.25, -0.2) is 8.78 Å². The first-order valence-corrected chi connectivity index (χ1v) is 7.12. The van der Waals surface area contributed by atoms with Crippen molar-refractivity contribution in [1.29, 1.82) is 0 Å². The highest BCUT2D eigenvalue weighted by Gasteiger charge is 2.33. The number of hydrogen-bond donors (Lipinski definition) is 3. The Morgan fingerprint density at radius 1 is 1.08 bits per heavy atom. The first kappa shape index (κ1) is 19.3. The Labute approximate surface area is 148 Å². The molecule has 0 fully saturated rings. The predicted octanol–water partition coefficient (Wildman–Crippen LogP) is 4.21. The van der Waals surface area contributed by atoms with Crippen LogP contribution >= 0.6 is 12.2 Å². The van der Waals surface area contributed by atoms with E-state index in [0.717, 1.165) is 18.2 Å². The number of nitrogens with zero attached hydrogens (tertiary/aromatic N) is 1. The normalized spacial score (nSPS) is 11.0. The van der Waals surface area contributed by atoms with Crippen LogP contribution in [0.25, 0.3) is 0 Å². The average molecular weight is 392 g/mol. The van der Waals surface area contributed by atoms with E-state index in [1.54, 1.807) is 0 Å². The third-order valence-electron chi connectivity index (χ3n) is 3.01. The highest BCUT2D eigenvalue weighted by molar-refractivity contribution is 7.80. The topological polar surface area (TPSA) is 79.2 Å². The molecule has 0 aliphatic carbocycles. The van der Waals surface area contributed by atoms with E-state index < -0.39 is 34.0 Å². The molecule has 0 atom stereocenters. The minimum atomic E-state index is -4.74. The minimum Gasteiger partial charge on any atom is -0.329 e. The summed E-state index contributed by atoms with van der Waals surface area (Å²) in [6.45, 7) is 0. The molecular formula is C14H9F5N4O2S. The Balaban J connectivity index is 2.11. The monoisotopic (exact) mass is 392 g/mol. The summed E-state index contributed by atoms with van der Waals surface area (Å²) in [6.07, 6.45) is -4.74. The molecule has 0 unspecified atom stereocenters. The molecule has 0 radical (unpaired) electrons. The van der Waals surface area contributed by atoms with Gasteiger partial charge in [0.25, 0.3) is 5.69 Å². The predicted molar refractivity (Wildman–Crippen MR) is 87.4 cm³/mol. The lowest BCUT2D eigenvalue weighted by Gasteiger charge is -2.14. The summed E-state index contributed by atoms with van der Waals surface area (Å²) in [4.78, 5) is 9.95. The molecule has 0 spiro atoms. The maximum Gasteiger partial charge on any atom is 0.416 e. The molecule has 0 saturated carbocycles. The van der Waals surface area contributed by atoms with E-state index >= 15 is 0 Å². The highest BCUT2D eigenvalue weighted by Crippen LogP contribution is 2.34. The van der Waals surface area contributed by atoms with Gasteiger partial charge in [-0.2, -0.15) is 13.2 Å². The maximum atomic E-state index is 13.5. The molecule has 0 aliphatic rings. The van der Waals surface area contributed by atoms with Crippen molar-refractivity contribution in [2.24, 2.45) is 0 Å². The molecule has 0 heterocycles. The molecule has 6 nitrogen and oxygen atoms in total. The molecular weight excluding hydrogens is 383 g/mol. The molecule has 12 heteroatoms. The van der Waals surface area contributed by atoms with Crippen molar-refractivity contribution >= 4 is 34.4 Å². The fourth-order valence-corrected chi connectivity index (χ4v) is 1.99. The van der Waals surface area contributed by atoms with Crippen molar-refractivity contribution in [2.45, 2.75) is 6.18 Å². The zero-order chi connectivity index (χ0) is 19.5. The standard InChI is InChI=1S/C14H9F5N4O2S/c15-8-2-4-10(9(16)6-8)20-13(26)22-21-11-3-1-7(14(17,18)19)5-12(11)23(24)25/h1-6,21H,(H2,20,22,26). The van der Waals surface area contributed by atoms with Crippen molar-refractivity contribution in [3.05, 3.63) is 63.7 Å². The van der Waals surface area contributed by atoms with Crippen molar-refractivity contribution in [3.8, 4) is 0 Å². The Morgan fingerprint density at radius 3 is 2.31 bits per heavy atom. The highest BCUT2D eigenvalue weighted by atomic mass is 32.1. The van der Waals surface area contributed by atoms with Gasteiger partial charge in [0.05, 0.1) is 16.2 Å². The largest absolute Gasteiger partial charge is 0.416 e. The molecule has 2 rings (SSSR count). The Hall–Kier alpha value is -3.02. The Kier molecular flexibility index (Phi) is 5.55. The second-order valence-electron chi connectivity index (χ2n) is 4.82. The summed E-state index contributed by atoms with van der Waals surface area (Å²) in [5.41, 5.74) is 2.02. The van der Waals surface area contributed by atoms with Gasteiger partial charge in [0.1, 0.15) is 17.3 Å². The third-order valence-corrected chi connectivity index (χ3v) is 3.22. The number of nitro groups is 1. The van der Waals surface area contributed by atoms with Crippen LogP contribution in [0, 0.1) is 21.7 Å². The molecule has 0 aliphatic heterocycles. The number of hydrogen-bond acceptors (Lipinski definition) is 4. The first-order chi connectivity index (χ1) is 12.1. The van der Waals surface area contributed by atoms with E-state index in [9.17, 15) is 32.1 Å². The average Bonchev–Trinajstić information content (AvgIpc) is 2.54.